The number of carbonyl (C=O) groups is 1. The summed E-state index contributed by atoms with van der Waals surface area (Å²) in [7, 11) is -3.74. The van der Waals surface area contributed by atoms with E-state index < -0.39 is 15.8 Å². The summed E-state index contributed by atoms with van der Waals surface area (Å²) in [5.41, 5.74) is 1.67. The van der Waals surface area contributed by atoms with Crippen molar-refractivity contribution in [2.75, 3.05) is 0 Å². The molecule has 0 aliphatic heterocycles. The van der Waals surface area contributed by atoms with Gasteiger partial charge in [0.2, 0.25) is 0 Å². The van der Waals surface area contributed by atoms with Gasteiger partial charge in [-0.3, -0.25) is 0 Å². The molecular weight excluding hydrogens is 296 g/mol. The fourth-order valence-electron chi connectivity index (χ4n) is 1.91. The lowest BCUT2D eigenvalue weighted by molar-refractivity contribution is 0.0696. The molecule has 2 aromatic rings. The minimum absolute atomic E-state index is 0.0118. The van der Waals surface area contributed by atoms with E-state index >= 15 is 0 Å². The molecule has 0 spiro atoms. The maximum atomic E-state index is 12.5. The summed E-state index contributed by atoms with van der Waals surface area (Å²) < 4.78 is 29.5. The Kier molecular flexibility index (Phi) is 3.82. The van der Waals surface area contributed by atoms with E-state index in [4.69, 9.17) is 5.11 Å². The first-order valence-electron chi connectivity index (χ1n) is 6.07. The number of nitrogens with zero attached hydrogens (tertiary/aromatic N) is 2. The number of aryl methyl sites for hydroxylation is 2. The third kappa shape index (κ3) is 2.94. The fourth-order valence-corrected chi connectivity index (χ4v) is 3.62. The first-order chi connectivity index (χ1) is 9.72. The quantitative estimate of drug-likeness (QED) is 0.914. The first kappa shape index (κ1) is 15.2. The maximum absolute atomic E-state index is 12.5. The second-order valence-corrected chi connectivity index (χ2v) is 6.73. The number of hydrogen-bond acceptors (Lipinski definition) is 6. The van der Waals surface area contributed by atoms with Crippen LogP contribution in [0, 0.1) is 20.8 Å². The summed E-state index contributed by atoms with van der Waals surface area (Å²) in [5, 5.41) is 16.1. The van der Waals surface area contributed by atoms with Crippen LogP contribution >= 0.6 is 0 Å². The van der Waals surface area contributed by atoms with Crippen molar-refractivity contribution in [3.63, 3.8) is 0 Å². The molecule has 1 aromatic carbocycles. The molecule has 1 N–H and O–H groups in total. The monoisotopic (exact) mass is 310 g/mol. The van der Waals surface area contributed by atoms with E-state index in [9.17, 15) is 13.2 Å². The smallest absolute Gasteiger partial charge is 0.335 e. The Labute approximate surface area is 121 Å². The van der Waals surface area contributed by atoms with Gasteiger partial charge < -0.3 is 5.11 Å². The third-order valence-electron chi connectivity index (χ3n) is 3.27. The average molecular weight is 310 g/mol. The van der Waals surface area contributed by atoms with E-state index in [1.54, 1.807) is 20.8 Å². The largest absolute Gasteiger partial charge is 0.478 e. The van der Waals surface area contributed by atoms with Crippen molar-refractivity contribution in [1.29, 1.82) is 0 Å². The van der Waals surface area contributed by atoms with Crippen molar-refractivity contribution >= 4 is 15.8 Å². The molecule has 0 atom stereocenters. The molecular formula is C13H14N2O5S. The molecule has 0 amide bonds. The minimum Gasteiger partial charge on any atom is -0.478 e. The van der Waals surface area contributed by atoms with Crippen molar-refractivity contribution in [1.82, 2.24) is 10.3 Å². The van der Waals surface area contributed by atoms with Gasteiger partial charge in [-0.15, -0.1) is 0 Å². The Hall–Kier alpha value is -2.22. The normalized spacial score (nSPS) is 11.6. The lowest BCUT2D eigenvalue weighted by Crippen LogP contribution is -2.11. The summed E-state index contributed by atoms with van der Waals surface area (Å²) in [6.07, 6.45) is 0. The first-order valence-corrected chi connectivity index (χ1v) is 7.73. The Balaban J connectivity index is 2.54. The van der Waals surface area contributed by atoms with Crippen molar-refractivity contribution in [3.05, 3.63) is 40.2 Å². The zero-order valence-corrected chi connectivity index (χ0v) is 12.6. The topological polar surface area (TPSA) is 110 Å². The van der Waals surface area contributed by atoms with Crippen LogP contribution in [-0.2, 0) is 15.6 Å². The van der Waals surface area contributed by atoms with Crippen LogP contribution in [0.15, 0.2) is 21.7 Å². The lowest BCUT2D eigenvalue weighted by atomic mass is 10.1. The van der Waals surface area contributed by atoms with Crippen LogP contribution in [0.3, 0.4) is 0 Å². The SMILES string of the molecule is Cc1cc(C(=O)O)cc(S(=O)(=O)Cc2nonc2C)c1C. The van der Waals surface area contributed by atoms with Crippen LogP contribution in [0.1, 0.15) is 32.9 Å². The van der Waals surface area contributed by atoms with E-state index in [1.165, 1.54) is 12.1 Å². The van der Waals surface area contributed by atoms with Crippen LogP contribution in [0.25, 0.3) is 0 Å². The van der Waals surface area contributed by atoms with Gasteiger partial charge >= 0.3 is 5.97 Å². The van der Waals surface area contributed by atoms with Crippen molar-refractivity contribution in [3.8, 4) is 0 Å². The van der Waals surface area contributed by atoms with E-state index in [2.05, 4.69) is 14.9 Å². The van der Waals surface area contributed by atoms with Crippen LogP contribution in [0.2, 0.25) is 0 Å². The summed E-state index contributed by atoms with van der Waals surface area (Å²) in [4.78, 5) is 11.1. The highest BCUT2D eigenvalue weighted by molar-refractivity contribution is 7.90. The molecule has 21 heavy (non-hydrogen) atoms. The van der Waals surface area contributed by atoms with Crippen LogP contribution < -0.4 is 0 Å². The molecule has 8 heteroatoms. The minimum atomic E-state index is -3.74. The summed E-state index contributed by atoms with van der Waals surface area (Å²) in [5.74, 6) is -1.56. The Morgan fingerprint density at radius 2 is 1.90 bits per heavy atom. The van der Waals surface area contributed by atoms with Gasteiger partial charge in [-0.1, -0.05) is 10.3 Å². The molecule has 1 aromatic heterocycles. The molecule has 0 saturated heterocycles. The number of hydrogen-bond donors (Lipinski definition) is 1. The highest BCUT2D eigenvalue weighted by Gasteiger charge is 2.24. The van der Waals surface area contributed by atoms with Crippen molar-refractivity contribution < 1.29 is 22.9 Å². The third-order valence-corrected chi connectivity index (χ3v) is 5.02. The van der Waals surface area contributed by atoms with E-state index in [1.807, 2.05) is 0 Å². The average Bonchev–Trinajstić information content (AvgIpc) is 2.77. The highest BCUT2D eigenvalue weighted by atomic mass is 32.2. The maximum Gasteiger partial charge on any atom is 0.335 e. The highest BCUT2D eigenvalue weighted by Crippen LogP contribution is 2.24. The molecule has 0 radical (unpaired) electrons. The van der Waals surface area contributed by atoms with Crippen molar-refractivity contribution in [2.45, 2.75) is 31.4 Å². The summed E-state index contributed by atoms with van der Waals surface area (Å²) in [6.45, 7) is 4.90. The number of rotatable bonds is 4. The van der Waals surface area contributed by atoms with E-state index in [0.29, 0.717) is 16.8 Å². The van der Waals surface area contributed by atoms with Gasteiger partial charge in [-0.05, 0) is 44.0 Å². The van der Waals surface area contributed by atoms with Crippen molar-refractivity contribution in [2.24, 2.45) is 0 Å². The van der Waals surface area contributed by atoms with Crippen LogP contribution in [-0.4, -0.2) is 29.8 Å². The van der Waals surface area contributed by atoms with Crippen LogP contribution in [0.4, 0.5) is 0 Å². The number of carboxylic acid groups (broad SMARTS) is 1. The second-order valence-electron chi connectivity index (χ2n) is 4.78. The molecule has 2 rings (SSSR count). The number of aromatic nitrogens is 2. The summed E-state index contributed by atoms with van der Waals surface area (Å²) >= 11 is 0. The van der Waals surface area contributed by atoms with E-state index in [-0.39, 0.29) is 21.9 Å². The van der Waals surface area contributed by atoms with Gasteiger partial charge in [0.15, 0.2) is 9.84 Å². The lowest BCUT2D eigenvalue weighted by Gasteiger charge is -2.10. The number of carboxylic acids is 1. The molecule has 1 heterocycles. The zero-order valence-electron chi connectivity index (χ0n) is 11.7. The Bertz CT molecular complexity index is 808. The predicted octanol–water partition coefficient (Wildman–Crippen LogP) is 1.67. The second kappa shape index (κ2) is 5.28. The molecule has 0 aliphatic rings. The molecule has 0 aliphatic carbocycles. The number of aromatic carboxylic acids is 1. The fraction of sp³-hybridized carbons (Fsp3) is 0.308. The molecule has 0 bridgehead atoms. The number of benzene rings is 1. The van der Waals surface area contributed by atoms with Gasteiger partial charge in [0, 0.05) is 0 Å². The predicted molar refractivity (Wildman–Crippen MR) is 72.8 cm³/mol. The van der Waals surface area contributed by atoms with Crippen LogP contribution in [0.5, 0.6) is 0 Å². The van der Waals surface area contributed by atoms with Gasteiger partial charge in [0.1, 0.15) is 17.1 Å². The molecule has 0 fully saturated rings. The molecule has 112 valence electrons. The van der Waals surface area contributed by atoms with Gasteiger partial charge in [-0.2, -0.15) is 0 Å². The molecule has 0 saturated carbocycles. The Morgan fingerprint density at radius 1 is 1.24 bits per heavy atom. The van der Waals surface area contributed by atoms with Gasteiger partial charge in [-0.25, -0.2) is 17.8 Å². The molecule has 7 nitrogen and oxygen atoms in total. The number of sulfone groups is 1. The summed E-state index contributed by atoms with van der Waals surface area (Å²) in [6, 6.07) is 2.61. The zero-order chi connectivity index (χ0) is 15.8. The van der Waals surface area contributed by atoms with Gasteiger partial charge in [0.25, 0.3) is 0 Å². The standard InChI is InChI=1S/C13H14N2O5S/c1-7-4-10(13(16)17)5-12(8(7)2)21(18,19)6-11-9(3)14-20-15-11/h4-5H,6H2,1-3H3,(H,16,17). The van der Waals surface area contributed by atoms with E-state index in [0.717, 1.165) is 0 Å². The Morgan fingerprint density at radius 3 is 2.43 bits per heavy atom. The van der Waals surface area contributed by atoms with Gasteiger partial charge in [0.05, 0.1) is 10.5 Å². The molecule has 0 unspecified atom stereocenters.